The van der Waals surface area contributed by atoms with Gasteiger partial charge >= 0.3 is 12.1 Å². The Bertz CT molecular complexity index is 640. The molecule has 1 aromatic carbocycles. The number of azo groups is 1. The monoisotopic (exact) mass is 384 g/mol. The Morgan fingerprint density at radius 3 is 2.17 bits per heavy atom. The van der Waals surface area contributed by atoms with Crippen LogP contribution in [-0.4, -0.2) is 24.4 Å². The Morgan fingerprint density at radius 2 is 1.75 bits per heavy atom. The third-order valence-electron chi connectivity index (χ3n) is 2.78. The lowest BCUT2D eigenvalue weighted by Gasteiger charge is -2.10. The average molecular weight is 385 g/mol. The minimum absolute atomic E-state index is 0.00300. The summed E-state index contributed by atoms with van der Waals surface area (Å²) in [5.74, 6) is -1.47. The molecular formula is C14H13Cl2F3N2O3. The molecule has 5 nitrogen and oxygen atoms in total. The van der Waals surface area contributed by atoms with Crippen molar-refractivity contribution < 1.29 is 27.5 Å². The minimum Gasteiger partial charge on any atom is -0.464 e. The summed E-state index contributed by atoms with van der Waals surface area (Å²) in [6.07, 6.45) is -4.63. The van der Waals surface area contributed by atoms with E-state index in [2.05, 4.69) is 10.2 Å². The van der Waals surface area contributed by atoms with Crippen molar-refractivity contribution >= 4 is 40.6 Å². The summed E-state index contributed by atoms with van der Waals surface area (Å²) >= 11 is 11.5. The molecule has 0 aliphatic carbocycles. The number of ether oxygens (including phenoxy) is 1. The van der Waals surface area contributed by atoms with E-state index in [4.69, 9.17) is 27.9 Å². The summed E-state index contributed by atoms with van der Waals surface area (Å²) in [7, 11) is 0. The van der Waals surface area contributed by atoms with E-state index in [1.807, 2.05) is 0 Å². The van der Waals surface area contributed by atoms with E-state index in [9.17, 15) is 22.8 Å². The quantitative estimate of drug-likeness (QED) is 0.393. The van der Waals surface area contributed by atoms with E-state index in [0.717, 1.165) is 0 Å². The molecular weight excluding hydrogens is 372 g/mol. The summed E-state index contributed by atoms with van der Waals surface area (Å²) in [5, 5.41) is 6.30. The molecule has 1 unspecified atom stereocenters. The van der Waals surface area contributed by atoms with Gasteiger partial charge < -0.3 is 4.74 Å². The van der Waals surface area contributed by atoms with Crippen molar-refractivity contribution in [2.45, 2.75) is 32.5 Å². The minimum atomic E-state index is -4.63. The molecule has 0 N–H and O–H groups in total. The molecule has 0 bridgehead atoms. The molecule has 132 valence electrons. The lowest BCUT2D eigenvalue weighted by atomic mass is 10.1. The second-order valence-corrected chi connectivity index (χ2v) is 5.29. The number of carbonyl (C=O) groups excluding carboxylic acids is 2. The second-order valence-electron chi connectivity index (χ2n) is 4.48. The highest BCUT2D eigenvalue weighted by molar-refractivity contribution is 6.38. The first-order chi connectivity index (χ1) is 11.1. The zero-order valence-electron chi connectivity index (χ0n) is 12.7. The standard InChI is InChI=1S/C14H13Cl2F3N2O3/c1-3-10(22)12(13(23)24-4-2)21-20-11-8(15)5-7(6-9(11)16)14(17,18)19/h5-6,12H,3-4H2,1-2H3. The maximum absolute atomic E-state index is 12.7. The third kappa shape index (κ3) is 5.17. The first-order valence-corrected chi connectivity index (χ1v) is 7.53. The van der Waals surface area contributed by atoms with Crippen LogP contribution in [-0.2, 0) is 20.5 Å². The number of rotatable bonds is 6. The molecule has 0 aromatic heterocycles. The molecule has 0 aliphatic heterocycles. The number of hydrogen-bond donors (Lipinski definition) is 0. The highest BCUT2D eigenvalue weighted by Gasteiger charge is 2.32. The van der Waals surface area contributed by atoms with E-state index >= 15 is 0 Å². The van der Waals surface area contributed by atoms with Gasteiger partial charge in [0.2, 0.25) is 6.04 Å². The van der Waals surface area contributed by atoms with Crippen LogP contribution in [0, 0.1) is 0 Å². The first kappa shape index (κ1) is 20.4. The van der Waals surface area contributed by atoms with Crippen LogP contribution in [0.2, 0.25) is 10.0 Å². The van der Waals surface area contributed by atoms with Crippen LogP contribution >= 0.6 is 23.2 Å². The lowest BCUT2D eigenvalue weighted by molar-refractivity contribution is -0.147. The second kappa shape index (κ2) is 8.43. The number of halogens is 5. The maximum atomic E-state index is 12.7. The van der Waals surface area contributed by atoms with E-state index < -0.39 is 39.6 Å². The molecule has 0 heterocycles. The molecule has 1 atom stereocenters. The Morgan fingerprint density at radius 1 is 1.21 bits per heavy atom. The number of carbonyl (C=O) groups is 2. The van der Waals surface area contributed by atoms with Crippen LogP contribution in [0.4, 0.5) is 18.9 Å². The van der Waals surface area contributed by atoms with Crippen LogP contribution in [0.3, 0.4) is 0 Å². The number of hydrogen-bond acceptors (Lipinski definition) is 5. The molecule has 0 fully saturated rings. The number of benzene rings is 1. The number of nitrogens with zero attached hydrogens (tertiary/aromatic N) is 2. The predicted molar refractivity (Wildman–Crippen MR) is 81.7 cm³/mol. The summed E-state index contributed by atoms with van der Waals surface area (Å²) in [4.78, 5) is 23.4. The molecule has 0 aliphatic rings. The summed E-state index contributed by atoms with van der Waals surface area (Å²) in [6.45, 7) is 3.10. The van der Waals surface area contributed by atoms with Gasteiger partial charge in [-0.25, -0.2) is 4.79 Å². The summed E-state index contributed by atoms with van der Waals surface area (Å²) in [5.41, 5.74) is -1.33. The number of Topliss-reactive ketones (excluding diaryl/α,β-unsaturated/α-hetero) is 1. The molecule has 1 aromatic rings. The van der Waals surface area contributed by atoms with Crippen LogP contribution in [0.5, 0.6) is 0 Å². The smallest absolute Gasteiger partial charge is 0.416 e. The molecule has 1 rings (SSSR count). The van der Waals surface area contributed by atoms with Gasteiger partial charge in [-0.2, -0.15) is 23.4 Å². The highest BCUT2D eigenvalue weighted by Crippen LogP contribution is 2.40. The van der Waals surface area contributed by atoms with Gasteiger partial charge in [0.15, 0.2) is 5.78 Å². The fourth-order valence-corrected chi connectivity index (χ4v) is 2.16. The summed E-state index contributed by atoms with van der Waals surface area (Å²) in [6, 6.07) is -0.268. The van der Waals surface area contributed by atoms with Gasteiger partial charge in [0, 0.05) is 6.42 Å². The zero-order valence-corrected chi connectivity index (χ0v) is 14.2. The van der Waals surface area contributed by atoms with Crippen molar-refractivity contribution in [3.63, 3.8) is 0 Å². The van der Waals surface area contributed by atoms with Crippen molar-refractivity contribution in [2.24, 2.45) is 10.2 Å². The largest absolute Gasteiger partial charge is 0.464 e. The Kier molecular flexibility index (Phi) is 7.16. The van der Waals surface area contributed by atoms with Crippen molar-refractivity contribution in [3.8, 4) is 0 Å². The fraction of sp³-hybridized carbons (Fsp3) is 0.429. The number of alkyl halides is 3. The van der Waals surface area contributed by atoms with Crippen molar-refractivity contribution in [1.82, 2.24) is 0 Å². The van der Waals surface area contributed by atoms with E-state index in [1.54, 1.807) is 6.92 Å². The zero-order chi connectivity index (χ0) is 18.5. The molecule has 0 spiro atoms. The van der Waals surface area contributed by atoms with Crippen LogP contribution in [0.15, 0.2) is 22.4 Å². The van der Waals surface area contributed by atoms with Gasteiger partial charge in [-0.3, -0.25) is 4.79 Å². The van der Waals surface area contributed by atoms with Crippen LogP contribution < -0.4 is 0 Å². The normalized spacial score (nSPS) is 13.1. The number of esters is 1. The van der Waals surface area contributed by atoms with Crippen molar-refractivity contribution in [3.05, 3.63) is 27.7 Å². The topological polar surface area (TPSA) is 68.1 Å². The van der Waals surface area contributed by atoms with E-state index in [0.29, 0.717) is 12.1 Å². The molecule has 24 heavy (non-hydrogen) atoms. The molecule has 0 amide bonds. The lowest BCUT2D eigenvalue weighted by Crippen LogP contribution is -2.29. The van der Waals surface area contributed by atoms with Crippen molar-refractivity contribution in [1.29, 1.82) is 0 Å². The van der Waals surface area contributed by atoms with Gasteiger partial charge in [0.25, 0.3) is 0 Å². The molecule has 10 heteroatoms. The van der Waals surface area contributed by atoms with Gasteiger partial charge in [0.1, 0.15) is 5.69 Å². The summed E-state index contributed by atoms with van der Waals surface area (Å²) < 4.78 is 42.7. The van der Waals surface area contributed by atoms with Gasteiger partial charge in [-0.15, -0.1) is 0 Å². The fourth-order valence-electron chi connectivity index (χ4n) is 1.60. The van der Waals surface area contributed by atoms with Gasteiger partial charge in [-0.05, 0) is 19.1 Å². The third-order valence-corrected chi connectivity index (χ3v) is 3.36. The Labute approximate surface area is 145 Å². The Hall–Kier alpha value is -1.67. The van der Waals surface area contributed by atoms with Gasteiger partial charge in [0.05, 0.1) is 22.2 Å². The molecule has 0 radical (unpaired) electrons. The highest BCUT2D eigenvalue weighted by atomic mass is 35.5. The predicted octanol–water partition coefficient (Wildman–Crippen LogP) is 5.01. The van der Waals surface area contributed by atoms with Crippen LogP contribution in [0.25, 0.3) is 0 Å². The molecule has 0 saturated carbocycles. The van der Waals surface area contributed by atoms with Crippen LogP contribution in [0.1, 0.15) is 25.8 Å². The van der Waals surface area contributed by atoms with E-state index in [1.165, 1.54) is 6.92 Å². The Balaban J connectivity index is 3.19. The first-order valence-electron chi connectivity index (χ1n) is 6.78. The average Bonchev–Trinajstić information content (AvgIpc) is 2.48. The van der Waals surface area contributed by atoms with E-state index in [-0.39, 0.29) is 18.7 Å². The maximum Gasteiger partial charge on any atom is 0.416 e. The number of ketones is 1. The van der Waals surface area contributed by atoms with Crippen molar-refractivity contribution in [2.75, 3.05) is 6.61 Å². The molecule has 0 saturated heterocycles. The SMILES string of the molecule is CCOC(=O)C(N=Nc1c(Cl)cc(C(F)(F)F)cc1Cl)C(=O)CC. The van der Waals surface area contributed by atoms with Gasteiger partial charge in [-0.1, -0.05) is 30.1 Å².